The van der Waals surface area contributed by atoms with Gasteiger partial charge in [0.1, 0.15) is 11.3 Å². The normalized spacial score (nSPS) is 26.7. The lowest BCUT2D eigenvalue weighted by atomic mass is 9.61. The Morgan fingerprint density at radius 2 is 1.80 bits per heavy atom. The van der Waals surface area contributed by atoms with E-state index in [9.17, 15) is 4.79 Å². The van der Waals surface area contributed by atoms with Crippen LogP contribution >= 0.6 is 0 Å². The summed E-state index contributed by atoms with van der Waals surface area (Å²) in [5, 5.41) is 4.72. The molecule has 40 heavy (non-hydrogen) atoms. The topological polar surface area (TPSA) is 103 Å². The number of nitrogens with zero attached hydrogens (tertiary/aromatic N) is 5. The molecular weight excluding hydrogens is 510 g/mol. The molecule has 2 saturated heterocycles. The maximum atomic E-state index is 12.8. The Morgan fingerprint density at radius 1 is 1.05 bits per heavy atom. The minimum absolute atomic E-state index is 0.0235. The van der Waals surface area contributed by atoms with Gasteiger partial charge in [-0.05, 0) is 79.2 Å². The molecule has 2 spiro atoms. The maximum Gasteiger partial charge on any atom is 0.410 e. The predicted octanol–water partition coefficient (Wildman–Crippen LogP) is 5.17. The van der Waals surface area contributed by atoms with E-state index >= 15 is 0 Å². The molecule has 0 radical (unpaired) electrons. The number of anilines is 1. The first kappa shape index (κ1) is 27.4. The van der Waals surface area contributed by atoms with Gasteiger partial charge in [-0.3, -0.25) is 0 Å². The van der Waals surface area contributed by atoms with Crippen LogP contribution in [0, 0.1) is 6.92 Å². The first-order chi connectivity index (χ1) is 19.1. The molecule has 10 nitrogen and oxygen atoms in total. The van der Waals surface area contributed by atoms with Crippen molar-refractivity contribution in [3.05, 3.63) is 23.0 Å². The van der Waals surface area contributed by atoms with Crippen LogP contribution in [0.4, 0.5) is 10.7 Å². The average molecular weight is 554 g/mol. The second kappa shape index (κ2) is 10.3. The Bertz CT molecular complexity index is 1250. The molecule has 2 aliphatic carbocycles. The minimum atomic E-state index is -0.594. The molecule has 1 saturated carbocycles. The van der Waals surface area contributed by atoms with Crippen molar-refractivity contribution in [3.63, 3.8) is 0 Å². The fraction of sp³-hybridized carbons (Fsp3) is 0.733. The van der Waals surface area contributed by atoms with Crippen LogP contribution in [-0.2, 0) is 26.0 Å². The summed E-state index contributed by atoms with van der Waals surface area (Å²) in [5.74, 6) is 0.793. The van der Waals surface area contributed by atoms with Gasteiger partial charge in [0.25, 0.3) is 0 Å². The number of aryl methyl sites for hydroxylation is 1. The van der Waals surface area contributed by atoms with Gasteiger partial charge in [-0.1, -0.05) is 11.6 Å². The zero-order valence-corrected chi connectivity index (χ0v) is 24.6. The van der Waals surface area contributed by atoms with Crippen molar-refractivity contribution in [2.45, 2.75) is 109 Å². The first-order valence-electron chi connectivity index (χ1n) is 15.0. The number of hydrogen-bond donors (Lipinski definition) is 0. The van der Waals surface area contributed by atoms with Gasteiger partial charge in [-0.15, -0.1) is 0 Å². The molecule has 218 valence electrons. The molecule has 4 heterocycles. The molecule has 0 bridgehead atoms. The lowest BCUT2D eigenvalue weighted by Gasteiger charge is -2.50. The van der Waals surface area contributed by atoms with Crippen molar-refractivity contribution in [1.82, 2.24) is 20.0 Å². The molecular formula is C30H43N5O5. The van der Waals surface area contributed by atoms with Gasteiger partial charge >= 0.3 is 6.09 Å². The zero-order chi connectivity index (χ0) is 28.1. The maximum absolute atomic E-state index is 12.8. The van der Waals surface area contributed by atoms with Crippen LogP contribution in [0.1, 0.15) is 89.6 Å². The number of ether oxygens (including phenoxy) is 3. The highest BCUT2D eigenvalue weighted by Crippen LogP contribution is 2.56. The molecule has 2 aromatic rings. The second-order valence-electron chi connectivity index (χ2n) is 12.9. The van der Waals surface area contributed by atoms with E-state index in [0.29, 0.717) is 32.3 Å². The van der Waals surface area contributed by atoms with E-state index in [2.05, 4.69) is 11.8 Å². The molecule has 10 heteroatoms. The molecule has 6 rings (SSSR count). The molecule has 0 N–H and O–H groups in total. The number of carbonyl (C=O) groups is 1. The van der Waals surface area contributed by atoms with E-state index in [1.165, 1.54) is 0 Å². The standard InChI is InChI=1S/C30H43N5O5/c1-20-18-23(32-26(31-20)35-15-9-14-34(19-21(35)2)27(36)39-28(3,4)5)24-22-10-8-12-29(25(22)33-40-24)11-6-7-13-30(29)37-16-17-38-30/h18,21H,6-17,19H2,1-5H3/t21-,29-/m0/s1. The molecule has 2 aromatic heterocycles. The van der Waals surface area contributed by atoms with E-state index in [-0.39, 0.29) is 17.6 Å². The number of fused-ring (bicyclic) bond motifs is 3. The quantitative estimate of drug-likeness (QED) is 0.498. The van der Waals surface area contributed by atoms with Crippen molar-refractivity contribution in [2.24, 2.45) is 0 Å². The van der Waals surface area contributed by atoms with Crippen LogP contribution in [-0.4, -0.2) is 76.4 Å². The fourth-order valence-corrected chi connectivity index (χ4v) is 7.26. The van der Waals surface area contributed by atoms with Crippen molar-refractivity contribution in [3.8, 4) is 11.5 Å². The number of carbonyl (C=O) groups excluding carboxylic acids is 1. The van der Waals surface area contributed by atoms with Crippen molar-refractivity contribution < 1.29 is 23.5 Å². The van der Waals surface area contributed by atoms with E-state index < -0.39 is 11.4 Å². The highest BCUT2D eigenvalue weighted by atomic mass is 16.7. The third-order valence-electron chi connectivity index (χ3n) is 8.94. The Labute approximate surface area is 236 Å². The van der Waals surface area contributed by atoms with E-state index in [1.54, 1.807) is 4.90 Å². The largest absolute Gasteiger partial charge is 0.444 e. The van der Waals surface area contributed by atoms with Crippen LogP contribution < -0.4 is 4.90 Å². The van der Waals surface area contributed by atoms with Gasteiger partial charge in [-0.25, -0.2) is 14.8 Å². The van der Waals surface area contributed by atoms with Gasteiger partial charge < -0.3 is 28.5 Å². The highest BCUT2D eigenvalue weighted by molar-refractivity contribution is 5.68. The molecule has 4 aliphatic rings. The predicted molar refractivity (Wildman–Crippen MR) is 149 cm³/mol. The lowest BCUT2D eigenvalue weighted by molar-refractivity contribution is -0.231. The number of rotatable bonds is 2. The molecule has 1 amide bonds. The Hall–Kier alpha value is -2.72. The summed E-state index contributed by atoms with van der Waals surface area (Å²) in [6.07, 6.45) is 7.61. The number of aromatic nitrogens is 3. The summed E-state index contributed by atoms with van der Waals surface area (Å²) < 4.78 is 24.5. The Balaban J connectivity index is 1.30. The van der Waals surface area contributed by atoms with E-state index in [1.807, 2.05) is 33.8 Å². The monoisotopic (exact) mass is 553 g/mol. The van der Waals surface area contributed by atoms with Crippen molar-refractivity contribution >= 4 is 12.0 Å². The summed E-state index contributed by atoms with van der Waals surface area (Å²) in [6.45, 7) is 13.0. The summed E-state index contributed by atoms with van der Waals surface area (Å²) in [6, 6.07) is 2.01. The third-order valence-corrected chi connectivity index (χ3v) is 8.94. The summed E-state index contributed by atoms with van der Waals surface area (Å²) in [5.41, 5.74) is 2.97. The SMILES string of the molecule is Cc1cc(-c2onc3c2CCC[C@@]32CCCCC23OCCO3)nc(N2CCCN(C(=O)OC(C)(C)C)C[C@@H]2C)n1. The molecule has 2 atom stereocenters. The van der Waals surface area contributed by atoms with Crippen molar-refractivity contribution in [1.29, 1.82) is 0 Å². The van der Waals surface area contributed by atoms with Crippen LogP contribution in [0.2, 0.25) is 0 Å². The molecule has 3 fully saturated rings. The minimum Gasteiger partial charge on any atom is -0.444 e. The Kier molecular flexibility index (Phi) is 7.05. The molecule has 2 aliphatic heterocycles. The zero-order valence-electron chi connectivity index (χ0n) is 24.6. The van der Waals surface area contributed by atoms with Gasteiger partial charge in [-0.2, -0.15) is 0 Å². The Morgan fingerprint density at radius 3 is 2.58 bits per heavy atom. The summed E-state index contributed by atoms with van der Waals surface area (Å²) in [7, 11) is 0. The smallest absolute Gasteiger partial charge is 0.410 e. The van der Waals surface area contributed by atoms with E-state index in [4.69, 9.17) is 33.9 Å². The first-order valence-corrected chi connectivity index (χ1v) is 15.0. The van der Waals surface area contributed by atoms with Gasteiger partial charge in [0.15, 0.2) is 11.5 Å². The van der Waals surface area contributed by atoms with Crippen LogP contribution in [0.3, 0.4) is 0 Å². The van der Waals surface area contributed by atoms with Crippen LogP contribution in [0.25, 0.3) is 11.5 Å². The van der Waals surface area contributed by atoms with Gasteiger partial charge in [0, 0.05) is 43.4 Å². The number of hydrogen-bond acceptors (Lipinski definition) is 9. The highest BCUT2D eigenvalue weighted by Gasteiger charge is 2.61. The summed E-state index contributed by atoms with van der Waals surface area (Å²) >= 11 is 0. The van der Waals surface area contributed by atoms with Gasteiger partial charge in [0.2, 0.25) is 5.95 Å². The van der Waals surface area contributed by atoms with Crippen LogP contribution in [0.5, 0.6) is 0 Å². The molecule has 0 aromatic carbocycles. The van der Waals surface area contributed by atoms with Gasteiger partial charge in [0.05, 0.1) is 24.3 Å². The second-order valence-corrected chi connectivity index (χ2v) is 12.9. The average Bonchev–Trinajstić information content (AvgIpc) is 3.50. The third kappa shape index (κ3) is 4.76. The van der Waals surface area contributed by atoms with E-state index in [0.717, 1.165) is 86.3 Å². The molecule has 0 unspecified atom stereocenters. The summed E-state index contributed by atoms with van der Waals surface area (Å²) in [4.78, 5) is 26.6. The number of amides is 1. The fourth-order valence-electron chi connectivity index (χ4n) is 7.26. The lowest BCUT2D eigenvalue weighted by Crippen LogP contribution is -2.56. The van der Waals surface area contributed by atoms with Crippen LogP contribution in [0.15, 0.2) is 10.6 Å². The van der Waals surface area contributed by atoms with Crippen molar-refractivity contribution in [2.75, 3.05) is 37.7 Å².